The molecule has 1 aromatic heterocycles. The molecule has 1 aliphatic rings. The molecule has 2 aromatic carbocycles. The molecule has 7 nitrogen and oxygen atoms in total. The highest BCUT2D eigenvalue weighted by molar-refractivity contribution is 5.97. The molecule has 3 aromatic rings. The number of amides is 1. The van der Waals surface area contributed by atoms with Crippen LogP contribution in [0.5, 0.6) is 0 Å². The number of piperidine rings is 1. The van der Waals surface area contributed by atoms with Crippen LogP contribution in [0.1, 0.15) is 49.0 Å². The fraction of sp³-hybridized carbons (Fsp3) is 0.423. The van der Waals surface area contributed by atoms with Crippen molar-refractivity contribution >= 4 is 16.8 Å². The standard InChI is InChI=1S/C26H32N4O3/c1-18-7-6-8-19(2)29(18)16-14-27-24(31)21-11-12-22-23(17-21)28-26(33)30(25(22)32)15-13-20-9-4-3-5-10-20/h3-5,9-12,17-19H,6-8,13-16H2,1-2H3,(H,27,31)(H,28,33). The van der Waals surface area contributed by atoms with E-state index in [-0.39, 0.29) is 11.5 Å². The van der Waals surface area contributed by atoms with E-state index < -0.39 is 5.69 Å². The average Bonchev–Trinajstić information content (AvgIpc) is 2.81. The Morgan fingerprint density at radius 2 is 1.76 bits per heavy atom. The zero-order valence-electron chi connectivity index (χ0n) is 19.3. The van der Waals surface area contributed by atoms with Crippen molar-refractivity contribution in [3.05, 3.63) is 80.5 Å². The molecule has 0 spiro atoms. The second kappa shape index (κ2) is 10.2. The minimum Gasteiger partial charge on any atom is -0.351 e. The van der Waals surface area contributed by atoms with Crippen molar-refractivity contribution in [3.63, 3.8) is 0 Å². The Morgan fingerprint density at radius 1 is 1.03 bits per heavy atom. The summed E-state index contributed by atoms with van der Waals surface area (Å²) in [6, 6.07) is 15.6. The molecule has 4 rings (SSSR count). The molecule has 1 fully saturated rings. The predicted octanol–water partition coefficient (Wildman–Crippen LogP) is 2.93. The number of rotatable bonds is 7. The molecule has 1 aliphatic heterocycles. The molecule has 2 atom stereocenters. The zero-order valence-corrected chi connectivity index (χ0v) is 19.3. The highest BCUT2D eigenvalue weighted by atomic mass is 16.2. The van der Waals surface area contributed by atoms with Crippen LogP contribution >= 0.6 is 0 Å². The van der Waals surface area contributed by atoms with Gasteiger partial charge in [0.25, 0.3) is 11.5 Å². The van der Waals surface area contributed by atoms with E-state index in [1.54, 1.807) is 18.2 Å². The second-order valence-electron chi connectivity index (χ2n) is 9.01. The summed E-state index contributed by atoms with van der Waals surface area (Å²) in [5.74, 6) is -0.205. The van der Waals surface area contributed by atoms with Gasteiger partial charge in [-0.15, -0.1) is 0 Å². The lowest BCUT2D eigenvalue weighted by Gasteiger charge is -2.39. The number of likely N-dealkylation sites (tertiary alicyclic amines) is 1. The summed E-state index contributed by atoms with van der Waals surface area (Å²) >= 11 is 0. The van der Waals surface area contributed by atoms with Crippen molar-refractivity contribution in [2.24, 2.45) is 0 Å². The van der Waals surface area contributed by atoms with E-state index in [0.29, 0.717) is 48.1 Å². The van der Waals surface area contributed by atoms with Gasteiger partial charge in [0.05, 0.1) is 10.9 Å². The maximum Gasteiger partial charge on any atom is 0.328 e. The number of carbonyl (C=O) groups excluding carboxylic acids is 1. The van der Waals surface area contributed by atoms with E-state index in [1.165, 1.54) is 23.8 Å². The van der Waals surface area contributed by atoms with Crippen LogP contribution in [0.25, 0.3) is 10.9 Å². The molecule has 1 saturated heterocycles. The zero-order chi connectivity index (χ0) is 23.4. The first kappa shape index (κ1) is 23.0. The highest BCUT2D eigenvalue weighted by Crippen LogP contribution is 2.21. The smallest absolute Gasteiger partial charge is 0.328 e. The first-order valence-electron chi connectivity index (χ1n) is 11.8. The van der Waals surface area contributed by atoms with Gasteiger partial charge in [-0.25, -0.2) is 4.79 Å². The van der Waals surface area contributed by atoms with Crippen molar-refractivity contribution in [1.29, 1.82) is 0 Å². The van der Waals surface area contributed by atoms with Gasteiger partial charge in [-0.3, -0.25) is 19.1 Å². The number of carbonyl (C=O) groups is 1. The van der Waals surface area contributed by atoms with Crippen LogP contribution in [0.4, 0.5) is 0 Å². The Bertz CT molecular complexity index is 1220. The van der Waals surface area contributed by atoms with Crippen LogP contribution in [0, 0.1) is 0 Å². The summed E-state index contributed by atoms with van der Waals surface area (Å²) in [6.07, 6.45) is 4.23. The van der Waals surface area contributed by atoms with E-state index in [0.717, 1.165) is 12.1 Å². The lowest BCUT2D eigenvalue weighted by molar-refractivity contribution is 0.0889. The summed E-state index contributed by atoms with van der Waals surface area (Å²) in [5.41, 5.74) is 1.06. The van der Waals surface area contributed by atoms with Gasteiger partial charge in [0.1, 0.15) is 0 Å². The number of benzene rings is 2. The van der Waals surface area contributed by atoms with Crippen LogP contribution in [0.15, 0.2) is 58.1 Å². The summed E-state index contributed by atoms with van der Waals surface area (Å²) < 4.78 is 1.22. The Hall–Kier alpha value is -3.19. The SMILES string of the molecule is CC1CCCC(C)N1CCNC(=O)c1ccc2c(=O)n(CCc3ccccc3)c(=O)[nH]c2c1. The molecule has 0 saturated carbocycles. The molecule has 1 amide bonds. The van der Waals surface area contributed by atoms with Crippen molar-refractivity contribution in [3.8, 4) is 0 Å². The third-order valence-corrected chi connectivity index (χ3v) is 6.74. The Morgan fingerprint density at radius 3 is 2.48 bits per heavy atom. The quantitative estimate of drug-likeness (QED) is 0.582. The van der Waals surface area contributed by atoms with Crippen LogP contribution in [0.2, 0.25) is 0 Å². The average molecular weight is 449 g/mol. The summed E-state index contributed by atoms with van der Waals surface area (Å²) in [7, 11) is 0. The van der Waals surface area contributed by atoms with Crippen molar-refractivity contribution in [2.45, 2.75) is 58.2 Å². The number of hydrogen-bond acceptors (Lipinski definition) is 4. The van der Waals surface area contributed by atoms with Crippen LogP contribution in [-0.4, -0.2) is 45.5 Å². The van der Waals surface area contributed by atoms with Crippen LogP contribution < -0.4 is 16.6 Å². The first-order chi connectivity index (χ1) is 15.9. The lowest BCUT2D eigenvalue weighted by atomic mass is 9.98. The van der Waals surface area contributed by atoms with Crippen LogP contribution in [-0.2, 0) is 13.0 Å². The molecule has 2 N–H and O–H groups in total. The van der Waals surface area contributed by atoms with Gasteiger partial charge in [0, 0.05) is 37.3 Å². The first-order valence-corrected chi connectivity index (χ1v) is 11.8. The maximum absolute atomic E-state index is 12.9. The van der Waals surface area contributed by atoms with Gasteiger partial charge >= 0.3 is 5.69 Å². The fourth-order valence-electron chi connectivity index (χ4n) is 4.80. The number of hydrogen-bond donors (Lipinski definition) is 2. The second-order valence-corrected chi connectivity index (χ2v) is 9.01. The molecule has 2 heterocycles. The van der Waals surface area contributed by atoms with Gasteiger partial charge in [-0.05, 0) is 56.9 Å². The van der Waals surface area contributed by atoms with E-state index in [4.69, 9.17) is 0 Å². The fourth-order valence-corrected chi connectivity index (χ4v) is 4.80. The van der Waals surface area contributed by atoms with Gasteiger partial charge in [-0.2, -0.15) is 0 Å². The summed E-state index contributed by atoms with van der Waals surface area (Å²) in [6.45, 7) is 6.14. The van der Waals surface area contributed by atoms with Gasteiger partial charge in [0.15, 0.2) is 0 Å². The largest absolute Gasteiger partial charge is 0.351 e. The number of fused-ring (bicyclic) bond motifs is 1. The Balaban J connectivity index is 1.44. The maximum atomic E-state index is 12.9. The van der Waals surface area contributed by atoms with E-state index in [1.807, 2.05) is 30.3 Å². The molecule has 33 heavy (non-hydrogen) atoms. The number of nitrogens with zero attached hydrogens (tertiary/aromatic N) is 2. The molecule has 2 unspecified atom stereocenters. The minimum atomic E-state index is -0.464. The Kier molecular flexibility index (Phi) is 7.08. The number of H-pyrrole nitrogens is 1. The molecule has 0 radical (unpaired) electrons. The molecule has 7 heteroatoms. The highest BCUT2D eigenvalue weighted by Gasteiger charge is 2.24. The third-order valence-electron chi connectivity index (χ3n) is 6.74. The normalized spacial score (nSPS) is 19.0. The van der Waals surface area contributed by atoms with Crippen LogP contribution in [0.3, 0.4) is 0 Å². The van der Waals surface area contributed by atoms with E-state index >= 15 is 0 Å². The van der Waals surface area contributed by atoms with Crippen molar-refractivity contribution in [2.75, 3.05) is 13.1 Å². The van der Waals surface area contributed by atoms with Crippen molar-refractivity contribution in [1.82, 2.24) is 19.8 Å². The van der Waals surface area contributed by atoms with Gasteiger partial charge in [0.2, 0.25) is 0 Å². The van der Waals surface area contributed by atoms with Crippen molar-refractivity contribution < 1.29 is 4.79 Å². The van der Waals surface area contributed by atoms with E-state index in [2.05, 4.69) is 29.0 Å². The lowest BCUT2D eigenvalue weighted by Crippen LogP contribution is -2.47. The summed E-state index contributed by atoms with van der Waals surface area (Å²) in [4.78, 5) is 43.4. The monoisotopic (exact) mass is 448 g/mol. The molecule has 0 aliphatic carbocycles. The predicted molar refractivity (Wildman–Crippen MR) is 131 cm³/mol. The minimum absolute atomic E-state index is 0.205. The third kappa shape index (κ3) is 5.25. The number of aromatic amines is 1. The number of aromatic nitrogens is 2. The number of nitrogens with one attached hydrogen (secondary N) is 2. The topological polar surface area (TPSA) is 87.2 Å². The molecule has 0 bridgehead atoms. The Labute approximate surface area is 193 Å². The summed E-state index contributed by atoms with van der Waals surface area (Å²) in [5, 5.41) is 3.37. The molecular weight excluding hydrogens is 416 g/mol. The van der Waals surface area contributed by atoms with E-state index in [9.17, 15) is 14.4 Å². The molecule has 174 valence electrons. The number of aryl methyl sites for hydroxylation is 1. The van der Waals surface area contributed by atoms with Gasteiger partial charge < -0.3 is 10.3 Å². The van der Waals surface area contributed by atoms with Gasteiger partial charge in [-0.1, -0.05) is 36.8 Å². The molecular formula is C26H32N4O3.